The van der Waals surface area contributed by atoms with Crippen molar-refractivity contribution in [2.24, 2.45) is 4.99 Å². The Kier molecular flexibility index (Phi) is 11.3. The van der Waals surface area contributed by atoms with Crippen LogP contribution in [0.2, 0.25) is 0 Å². The van der Waals surface area contributed by atoms with Crippen molar-refractivity contribution >= 4 is 45.4 Å². The van der Waals surface area contributed by atoms with E-state index in [0.717, 1.165) is 36.1 Å². The zero-order valence-corrected chi connectivity index (χ0v) is 27.8. The number of fused-ring (bicyclic) bond motifs is 1. The van der Waals surface area contributed by atoms with Crippen LogP contribution < -0.4 is 5.32 Å². The van der Waals surface area contributed by atoms with Crippen molar-refractivity contribution in [2.75, 3.05) is 38.6 Å². The Morgan fingerprint density at radius 3 is 2.70 bits per heavy atom. The average Bonchev–Trinajstić information content (AvgIpc) is 3.23. The van der Waals surface area contributed by atoms with Gasteiger partial charge in [0.05, 0.1) is 17.8 Å². The number of aliphatic imine (C=N–C) groups is 1. The molecular weight excluding hydrogens is 654 g/mol. The number of carbonyl (C=O) groups excluding carboxylic acids is 3. The van der Waals surface area contributed by atoms with E-state index in [0.29, 0.717) is 55.5 Å². The Labute approximate surface area is 277 Å². The number of phenolic OH excluding ortho intramolecular Hbond substituents is 1. The minimum Gasteiger partial charge on any atom is -0.506 e. The Hall–Kier alpha value is -3.92. The van der Waals surface area contributed by atoms with Gasteiger partial charge < -0.3 is 25.0 Å². The summed E-state index contributed by atoms with van der Waals surface area (Å²) in [5.74, 6) is 1.90. The second-order valence-electron chi connectivity index (χ2n) is 11.8. The van der Waals surface area contributed by atoms with E-state index in [9.17, 15) is 19.5 Å². The number of piperidine rings is 2. The van der Waals surface area contributed by atoms with Crippen molar-refractivity contribution in [3.8, 4) is 5.75 Å². The summed E-state index contributed by atoms with van der Waals surface area (Å²) in [6.07, 6.45) is 5.59. The predicted molar refractivity (Wildman–Crippen MR) is 176 cm³/mol. The molecule has 0 unspecified atom stereocenters. The van der Waals surface area contributed by atoms with Gasteiger partial charge in [-0.3, -0.25) is 9.63 Å². The number of rotatable bonds is 8. The highest BCUT2D eigenvalue weighted by atomic mass is 79.9. The number of nitrogens with zero attached hydrogens (tertiary/aromatic N) is 4. The summed E-state index contributed by atoms with van der Waals surface area (Å²) in [5, 5.41) is 15.0. The highest BCUT2D eigenvalue weighted by Crippen LogP contribution is 2.30. The maximum absolute atomic E-state index is 13.4. The lowest BCUT2D eigenvalue weighted by Gasteiger charge is -2.38. The number of ether oxygens (including phenoxy) is 1. The average molecular weight is 695 g/mol. The van der Waals surface area contributed by atoms with Gasteiger partial charge in [-0.05, 0) is 95.9 Å². The molecule has 244 valence electrons. The lowest BCUT2D eigenvalue weighted by molar-refractivity contribution is -0.208. The maximum atomic E-state index is 13.4. The fraction of sp³-hybridized carbons (Fsp3) is 0.471. The van der Waals surface area contributed by atoms with Crippen LogP contribution >= 0.6 is 15.9 Å². The molecule has 0 aromatic heterocycles. The number of para-hydroxylation sites is 1. The van der Waals surface area contributed by atoms with Gasteiger partial charge in [0.2, 0.25) is 0 Å². The number of halogens is 1. The molecule has 0 bridgehead atoms. The third-order valence-electron chi connectivity index (χ3n) is 8.77. The second-order valence-corrected chi connectivity index (χ2v) is 12.7. The summed E-state index contributed by atoms with van der Waals surface area (Å²) in [7, 11) is 1.37. The van der Waals surface area contributed by atoms with Crippen LogP contribution in [0.5, 0.6) is 5.75 Å². The van der Waals surface area contributed by atoms with Crippen LogP contribution in [0.15, 0.2) is 57.8 Å². The van der Waals surface area contributed by atoms with Crippen LogP contribution in [0.25, 0.3) is 0 Å². The number of nitrogens with one attached hydrogen (secondary N) is 1. The van der Waals surface area contributed by atoms with Gasteiger partial charge >= 0.3 is 12.0 Å². The van der Waals surface area contributed by atoms with Crippen LogP contribution in [-0.2, 0) is 32.0 Å². The Morgan fingerprint density at radius 1 is 1.15 bits per heavy atom. The van der Waals surface area contributed by atoms with Crippen molar-refractivity contribution in [3.63, 3.8) is 0 Å². The first-order chi connectivity index (χ1) is 22.2. The van der Waals surface area contributed by atoms with E-state index in [2.05, 4.69) is 37.8 Å². The van der Waals surface area contributed by atoms with E-state index in [4.69, 9.17) is 9.57 Å². The molecule has 2 fully saturated rings. The van der Waals surface area contributed by atoms with Crippen LogP contribution in [-0.4, -0.2) is 95.2 Å². The number of hydrogen-bond acceptors (Lipinski definition) is 8. The number of esters is 1. The first-order valence-corrected chi connectivity index (χ1v) is 16.5. The first kappa shape index (κ1) is 33.4. The van der Waals surface area contributed by atoms with E-state index in [-0.39, 0.29) is 30.2 Å². The molecule has 5 rings (SSSR count). The van der Waals surface area contributed by atoms with Gasteiger partial charge in [0.1, 0.15) is 11.8 Å². The molecule has 2 aromatic rings. The zero-order chi connectivity index (χ0) is 32.6. The lowest BCUT2D eigenvalue weighted by atomic mass is 10.0. The maximum Gasteiger partial charge on any atom is 0.328 e. The summed E-state index contributed by atoms with van der Waals surface area (Å²) in [5.41, 5.74) is 6.25. The molecule has 2 saturated heterocycles. The lowest BCUT2D eigenvalue weighted by Crippen LogP contribution is -2.49. The number of phenols is 1. The summed E-state index contributed by atoms with van der Waals surface area (Å²) in [4.78, 5) is 52.6. The van der Waals surface area contributed by atoms with Gasteiger partial charge in [0.15, 0.2) is 6.10 Å². The third-order valence-corrected chi connectivity index (χ3v) is 9.38. The van der Waals surface area contributed by atoms with Crippen LogP contribution in [0.3, 0.4) is 0 Å². The standard InChI is InChI=1S/C34H40BrN5O6/c1-23-20-24(21-27(35)31(23)41)22-30(32(42)36-14-7-16-38-15-6-5-10-29(38)33(43)45-2)46-39-17-12-26(13-18-39)40-19-11-25-8-3-4-9-28(25)37-34(40)44/h3-4,8-9,16,20-21,26,29-30,41H,5-6,10-13,15,17-19,22H2,1-2H3,(H,37,44)/t29-,30+/m0/s1. The minimum atomic E-state index is -0.949. The largest absolute Gasteiger partial charge is 0.506 e. The normalized spacial score (nSPS) is 19.5. The van der Waals surface area contributed by atoms with Crippen LogP contribution in [0.1, 0.15) is 48.8 Å². The smallest absolute Gasteiger partial charge is 0.328 e. The second kappa shape index (κ2) is 15.6. The van der Waals surface area contributed by atoms with Gasteiger partial charge in [0, 0.05) is 50.2 Å². The topological polar surface area (TPSA) is 124 Å². The van der Waals surface area contributed by atoms with E-state index in [1.807, 2.05) is 40.1 Å². The van der Waals surface area contributed by atoms with E-state index < -0.39 is 18.1 Å². The number of carbonyl (C=O) groups is 3. The van der Waals surface area contributed by atoms with E-state index in [1.54, 1.807) is 24.3 Å². The van der Waals surface area contributed by atoms with Crippen molar-refractivity contribution in [3.05, 3.63) is 69.5 Å². The van der Waals surface area contributed by atoms with Crippen molar-refractivity contribution in [1.29, 1.82) is 0 Å². The molecule has 2 N–H and O–H groups in total. The third kappa shape index (κ3) is 8.26. The number of methoxy groups -OCH3 is 1. The highest BCUT2D eigenvalue weighted by molar-refractivity contribution is 9.10. The zero-order valence-electron chi connectivity index (χ0n) is 26.2. The summed E-state index contributed by atoms with van der Waals surface area (Å²) in [6, 6.07) is 11.0. The first-order valence-electron chi connectivity index (χ1n) is 15.7. The molecule has 0 radical (unpaired) electrons. The highest BCUT2D eigenvalue weighted by Gasteiger charge is 2.32. The van der Waals surface area contributed by atoms with Crippen LogP contribution in [0, 0.1) is 6.92 Å². The summed E-state index contributed by atoms with van der Waals surface area (Å²) in [6.45, 7) is 4.17. The number of aryl methyl sites for hydroxylation is 1. The molecule has 3 aliphatic rings. The fourth-order valence-corrected chi connectivity index (χ4v) is 6.86. The molecule has 0 saturated carbocycles. The number of aromatic hydroxyl groups is 1. The number of amides is 3. The number of urea groups is 1. The number of benzene rings is 2. The molecule has 3 aliphatic heterocycles. The van der Waals surface area contributed by atoms with Gasteiger partial charge in [-0.25, -0.2) is 9.59 Å². The predicted octanol–water partition coefficient (Wildman–Crippen LogP) is 4.75. The number of hydroxylamine groups is 2. The number of hydrogen-bond donors (Lipinski definition) is 2. The van der Waals surface area contributed by atoms with Crippen molar-refractivity contribution in [2.45, 2.75) is 70.1 Å². The van der Waals surface area contributed by atoms with Gasteiger partial charge in [-0.15, -0.1) is 0 Å². The molecule has 11 nitrogen and oxygen atoms in total. The molecule has 12 heteroatoms. The van der Waals surface area contributed by atoms with Crippen LogP contribution in [0.4, 0.5) is 10.5 Å². The Morgan fingerprint density at radius 2 is 1.93 bits per heavy atom. The van der Waals surface area contributed by atoms with Gasteiger partial charge in [0.25, 0.3) is 5.91 Å². The Balaban J connectivity index is 1.26. The summed E-state index contributed by atoms with van der Waals surface area (Å²) >= 11 is 3.38. The number of anilines is 1. The van der Waals surface area contributed by atoms with Gasteiger partial charge in [-0.2, -0.15) is 10.1 Å². The molecule has 2 aromatic carbocycles. The van der Waals surface area contributed by atoms with Crippen molar-refractivity contribution < 1.29 is 29.1 Å². The van der Waals surface area contributed by atoms with Gasteiger partial charge in [-0.1, -0.05) is 24.3 Å². The Bertz CT molecular complexity index is 1520. The molecule has 0 aliphatic carbocycles. The molecule has 46 heavy (non-hydrogen) atoms. The molecule has 3 heterocycles. The molecule has 2 atom stereocenters. The van der Waals surface area contributed by atoms with E-state index in [1.165, 1.54) is 7.11 Å². The minimum absolute atomic E-state index is 0.0497. The quantitative estimate of drug-likeness (QED) is 0.231. The van der Waals surface area contributed by atoms with Crippen molar-refractivity contribution in [1.82, 2.24) is 14.9 Å². The molecular formula is C34H40BrN5O6. The molecule has 3 amide bonds. The number of likely N-dealkylation sites (tertiary alicyclic amines) is 1. The summed E-state index contributed by atoms with van der Waals surface area (Å²) < 4.78 is 5.45. The fourth-order valence-electron chi connectivity index (χ4n) is 6.26. The monoisotopic (exact) mass is 693 g/mol. The SMILES string of the molecule is COC(=O)[C@@H]1CCCCN1C=C=C=NC(=O)[C@@H](Cc1cc(C)c(O)c(Br)c1)ON1CCC(N2CCc3ccccc3NC2=O)CC1. The molecule has 0 spiro atoms. The van der Waals surface area contributed by atoms with E-state index >= 15 is 0 Å².